The van der Waals surface area contributed by atoms with Crippen molar-refractivity contribution in [3.05, 3.63) is 33.9 Å². The van der Waals surface area contributed by atoms with Crippen LogP contribution in [-0.2, 0) is 4.79 Å². The summed E-state index contributed by atoms with van der Waals surface area (Å²) in [4.78, 5) is 23.5. The van der Waals surface area contributed by atoms with E-state index in [2.05, 4.69) is 0 Å². The average molecular weight is 274 g/mol. The Labute approximate surface area is 115 Å². The molecule has 1 unspecified atom stereocenters. The van der Waals surface area contributed by atoms with Gasteiger partial charge in [0.15, 0.2) is 0 Å². The molecule has 0 radical (unpaired) electrons. The zero-order valence-electron chi connectivity index (χ0n) is 11.0. The van der Waals surface area contributed by atoms with Crippen LogP contribution < -0.4 is 10.6 Å². The maximum atomic E-state index is 11.4. The van der Waals surface area contributed by atoms with Gasteiger partial charge < -0.3 is 10.6 Å². The van der Waals surface area contributed by atoms with Gasteiger partial charge in [0.25, 0.3) is 5.69 Å². The molecule has 2 N–H and O–H groups in total. The summed E-state index contributed by atoms with van der Waals surface area (Å²) >= 11 is 0. The Hall–Kier alpha value is -2.62. The molecule has 7 heteroatoms. The van der Waals surface area contributed by atoms with E-state index < -0.39 is 10.3 Å². The molecular formula is C13H14N4O3. The van der Waals surface area contributed by atoms with E-state index in [1.807, 2.05) is 11.0 Å². The van der Waals surface area contributed by atoms with Gasteiger partial charge in [0.05, 0.1) is 10.3 Å². The smallest absolute Gasteiger partial charge is 0.287 e. The molecule has 1 fully saturated rings. The largest absolute Gasteiger partial charge is 0.370 e. The van der Waals surface area contributed by atoms with Gasteiger partial charge in [-0.15, -0.1) is 0 Å². The molecule has 0 saturated carbocycles. The third kappa shape index (κ3) is 2.28. The summed E-state index contributed by atoms with van der Waals surface area (Å²) in [7, 11) is 0. The van der Waals surface area contributed by atoms with Crippen LogP contribution in [0.1, 0.15) is 18.9 Å². The number of nitro groups is 1. The Kier molecular flexibility index (Phi) is 3.32. The number of nitriles is 1. The molecule has 1 atom stereocenters. The molecule has 0 bridgehead atoms. The van der Waals surface area contributed by atoms with Crippen LogP contribution in [-0.4, -0.2) is 23.9 Å². The number of hydrogen-bond acceptors (Lipinski definition) is 5. The SMILES string of the molecule is CC1(C(N)=O)CCN(c2ccc([N+](=O)[O-])c(C#N)c2)C1. The van der Waals surface area contributed by atoms with Crippen molar-refractivity contribution in [3.8, 4) is 6.07 Å². The number of nitrogens with zero attached hydrogens (tertiary/aromatic N) is 3. The highest BCUT2D eigenvalue weighted by Gasteiger charge is 2.39. The van der Waals surface area contributed by atoms with Crippen molar-refractivity contribution in [2.75, 3.05) is 18.0 Å². The summed E-state index contributed by atoms with van der Waals surface area (Å²) in [6, 6.07) is 6.20. The Bertz CT molecular complexity index is 623. The average Bonchev–Trinajstić information content (AvgIpc) is 2.82. The molecule has 1 heterocycles. The zero-order chi connectivity index (χ0) is 14.9. The molecular weight excluding hydrogens is 260 g/mol. The monoisotopic (exact) mass is 274 g/mol. The van der Waals surface area contributed by atoms with E-state index in [1.54, 1.807) is 13.0 Å². The topological polar surface area (TPSA) is 113 Å². The molecule has 104 valence electrons. The fraction of sp³-hybridized carbons (Fsp3) is 0.385. The lowest BCUT2D eigenvalue weighted by Gasteiger charge is -2.22. The maximum Gasteiger partial charge on any atom is 0.287 e. The van der Waals surface area contributed by atoms with Gasteiger partial charge in [-0.05, 0) is 25.5 Å². The lowest BCUT2D eigenvalue weighted by Crippen LogP contribution is -2.37. The first-order valence-electron chi connectivity index (χ1n) is 6.11. The van der Waals surface area contributed by atoms with E-state index >= 15 is 0 Å². The van der Waals surface area contributed by atoms with E-state index in [0.717, 1.165) is 0 Å². The summed E-state index contributed by atoms with van der Waals surface area (Å²) in [5, 5.41) is 19.8. The minimum atomic E-state index is -0.603. The summed E-state index contributed by atoms with van der Waals surface area (Å²) in [6.07, 6.45) is 0.626. The number of anilines is 1. The van der Waals surface area contributed by atoms with Gasteiger partial charge in [0.2, 0.25) is 5.91 Å². The number of rotatable bonds is 3. The van der Waals surface area contributed by atoms with Crippen LogP contribution in [0.4, 0.5) is 11.4 Å². The first kappa shape index (κ1) is 13.8. The van der Waals surface area contributed by atoms with Crippen molar-refractivity contribution < 1.29 is 9.72 Å². The minimum absolute atomic E-state index is 0.0141. The van der Waals surface area contributed by atoms with Crippen LogP contribution in [0, 0.1) is 26.9 Å². The number of hydrogen-bond donors (Lipinski definition) is 1. The van der Waals surface area contributed by atoms with Crippen molar-refractivity contribution in [1.82, 2.24) is 0 Å². The van der Waals surface area contributed by atoms with Gasteiger partial charge in [0.1, 0.15) is 11.6 Å². The van der Waals surface area contributed by atoms with E-state index in [1.165, 1.54) is 12.1 Å². The summed E-state index contributed by atoms with van der Waals surface area (Å²) in [5.41, 5.74) is 5.27. The predicted octanol–water partition coefficient (Wildman–Crippen LogP) is 1.17. The molecule has 2 rings (SSSR count). The fourth-order valence-electron chi connectivity index (χ4n) is 2.35. The molecule has 1 aromatic carbocycles. The number of nitrogens with two attached hydrogens (primary N) is 1. The number of nitro benzene ring substituents is 1. The second kappa shape index (κ2) is 4.81. The quantitative estimate of drug-likeness (QED) is 0.656. The Balaban J connectivity index is 2.30. The Morgan fingerprint density at radius 2 is 2.30 bits per heavy atom. The summed E-state index contributed by atoms with van der Waals surface area (Å²) in [5.74, 6) is -0.359. The zero-order valence-corrected chi connectivity index (χ0v) is 11.0. The van der Waals surface area contributed by atoms with Crippen molar-refractivity contribution in [1.29, 1.82) is 5.26 Å². The molecule has 0 spiro atoms. The number of benzene rings is 1. The van der Waals surface area contributed by atoms with Gasteiger partial charge in [-0.2, -0.15) is 5.26 Å². The van der Waals surface area contributed by atoms with Gasteiger partial charge in [0, 0.05) is 24.8 Å². The molecule has 0 aliphatic carbocycles. The second-order valence-electron chi connectivity index (χ2n) is 5.17. The van der Waals surface area contributed by atoms with Crippen LogP contribution in [0.5, 0.6) is 0 Å². The third-order valence-electron chi connectivity index (χ3n) is 3.73. The van der Waals surface area contributed by atoms with Gasteiger partial charge in [-0.25, -0.2) is 0 Å². The third-order valence-corrected chi connectivity index (χ3v) is 3.73. The van der Waals surface area contributed by atoms with Gasteiger partial charge >= 0.3 is 0 Å². The van der Waals surface area contributed by atoms with E-state index in [-0.39, 0.29) is 17.2 Å². The van der Waals surface area contributed by atoms with Crippen molar-refractivity contribution in [3.63, 3.8) is 0 Å². The number of primary amides is 1. The fourth-order valence-corrected chi connectivity index (χ4v) is 2.35. The molecule has 20 heavy (non-hydrogen) atoms. The van der Waals surface area contributed by atoms with E-state index in [0.29, 0.717) is 25.2 Å². The van der Waals surface area contributed by atoms with Gasteiger partial charge in [-0.3, -0.25) is 14.9 Å². The number of carbonyl (C=O) groups excluding carboxylic acids is 1. The first-order valence-corrected chi connectivity index (χ1v) is 6.11. The Morgan fingerprint density at radius 1 is 1.60 bits per heavy atom. The predicted molar refractivity (Wildman–Crippen MR) is 71.9 cm³/mol. The molecule has 1 aliphatic rings. The normalized spacial score (nSPS) is 21.5. The molecule has 0 aromatic heterocycles. The van der Waals surface area contributed by atoms with Crippen LogP contribution >= 0.6 is 0 Å². The van der Waals surface area contributed by atoms with Gasteiger partial charge in [-0.1, -0.05) is 0 Å². The van der Waals surface area contributed by atoms with Crippen molar-refractivity contribution in [2.45, 2.75) is 13.3 Å². The molecule has 7 nitrogen and oxygen atoms in total. The number of amides is 1. The highest BCUT2D eigenvalue weighted by molar-refractivity contribution is 5.82. The van der Waals surface area contributed by atoms with Crippen LogP contribution in [0.2, 0.25) is 0 Å². The standard InChI is InChI=1S/C13H14N4O3/c1-13(12(15)18)4-5-16(8-13)10-2-3-11(17(19)20)9(6-10)7-14/h2-3,6H,4-5,8H2,1H3,(H2,15,18). The highest BCUT2D eigenvalue weighted by Crippen LogP contribution is 2.34. The minimum Gasteiger partial charge on any atom is -0.370 e. The lowest BCUT2D eigenvalue weighted by molar-refractivity contribution is -0.385. The van der Waals surface area contributed by atoms with E-state index in [9.17, 15) is 14.9 Å². The Morgan fingerprint density at radius 3 is 2.80 bits per heavy atom. The molecule has 1 saturated heterocycles. The molecule has 1 amide bonds. The summed E-state index contributed by atoms with van der Waals surface area (Å²) < 4.78 is 0. The number of carbonyl (C=O) groups is 1. The maximum absolute atomic E-state index is 11.4. The van der Waals surface area contributed by atoms with Crippen molar-refractivity contribution in [2.24, 2.45) is 11.1 Å². The van der Waals surface area contributed by atoms with Crippen LogP contribution in [0.3, 0.4) is 0 Å². The van der Waals surface area contributed by atoms with Crippen LogP contribution in [0.25, 0.3) is 0 Å². The molecule has 1 aliphatic heterocycles. The second-order valence-corrected chi connectivity index (χ2v) is 5.17. The van der Waals surface area contributed by atoms with Crippen LogP contribution in [0.15, 0.2) is 18.2 Å². The van der Waals surface area contributed by atoms with Crippen molar-refractivity contribution >= 4 is 17.3 Å². The lowest BCUT2D eigenvalue weighted by atomic mass is 9.89. The molecule has 1 aromatic rings. The first-order chi connectivity index (χ1) is 9.37. The highest BCUT2D eigenvalue weighted by atomic mass is 16.6. The summed E-state index contributed by atoms with van der Waals surface area (Å²) in [6.45, 7) is 2.87. The van der Waals surface area contributed by atoms with E-state index in [4.69, 9.17) is 11.0 Å².